The monoisotopic (exact) mass is 318 g/mol. The first-order valence-electron chi connectivity index (χ1n) is 9.20. The average molecular weight is 318 g/mol. The van der Waals surface area contributed by atoms with Gasteiger partial charge in [-0.1, -0.05) is 17.4 Å². The Labute approximate surface area is 139 Å². The van der Waals surface area contributed by atoms with Gasteiger partial charge in [-0.25, -0.2) is 0 Å². The number of rotatable bonds is 7. The van der Waals surface area contributed by atoms with Crippen LogP contribution in [0, 0.1) is 11.8 Å². The second-order valence-electron chi connectivity index (χ2n) is 7.15. The Morgan fingerprint density at radius 3 is 2.70 bits per heavy atom. The number of aromatic nitrogens is 3. The molecule has 5 heteroatoms. The number of aliphatic hydroxyl groups excluding tert-OH is 1. The van der Waals surface area contributed by atoms with Crippen LogP contribution in [0.1, 0.15) is 44.2 Å². The van der Waals surface area contributed by atoms with Crippen molar-refractivity contribution in [1.29, 1.82) is 0 Å². The summed E-state index contributed by atoms with van der Waals surface area (Å²) in [5, 5.41) is 17.3. The van der Waals surface area contributed by atoms with Crippen molar-refractivity contribution in [2.24, 2.45) is 11.8 Å². The van der Waals surface area contributed by atoms with E-state index in [2.05, 4.69) is 33.6 Å². The molecule has 0 bridgehead atoms. The van der Waals surface area contributed by atoms with E-state index in [9.17, 15) is 0 Å². The van der Waals surface area contributed by atoms with E-state index >= 15 is 0 Å². The van der Waals surface area contributed by atoms with Crippen LogP contribution < -0.4 is 0 Å². The third-order valence-electron chi connectivity index (χ3n) is 5.22. The molecular weight excluding hydrogens is 288 g/mol. The molecule has 2 heterocycles. The Morgan fingerprint density at radius 2 is 1.96 bits per heavy atom. The number of aryl methyl sites for hydroxylation is 1. The average Bonchev–Trinajstić information content (AvgIpc) is 3.03. The van der Waals surface area contributed by atoms with E-state index in [-0.39, 0.29) is 6.61 Å². The maximum atomic E-state index is 8.87. The largest absolute Gasteiger partial charge is 0.396 e. The molecule has 3 rings (SSSR count). The van der Waals surface area contributed by atoms with E-state index in [1.807, 2.05) is 4.68 Å². The first-order chi connectivity index (χ1) is 11.3. The molecule has 1 aromatic heterocycles. The van der Waals surface area contributed by atoms with Crippen LogP contribution in [0.15, 0.2) is 18.3 Å². The number of hydrogen-bond acceptors (Lipinski definition) is 4. The fourth-order valence-corrected chi connectivity index (χ4v) is 3.81. The standard InChI is InChI=1S/C18H30N4O/c23-12-4-7-18-15-22(20-19-18)14-17-8-10-21(11-9-17)13-16-5-2-1-3-6-16/h1-2,15-17,23H,3-14H2. The third-order valence-corrected chi connectivity index (χ3v) is 5.22. The molecule has 1 aliphatic carbocycles. The minimum Gasteiger partial charge on any atom is -0.396 e. The summed E-state index contributed by atoms with van der Waals surface area (Å²) in [6.45, 7) is 4.97. The van der Waals surface area contributed by atoms with Crippen LogP contribution in [0.2, 0.25) is 0 Å². The molecule has 0 aromatic carbocycles. The van der Waals surface area contributed by atoms with Crippen LogP contribution in [0.5, 0.6) is 0 Å². The van der Waals surface area contributed by atoms with Gasteiger partial charge in [0.05, 0.1) is 5.69 Å². The molecule has 1 N–H and O–H groups in total. The van der Waals surface area contributed by atoms with E-state index in [4.69, 9.17) is 5.11 Å². The van der Waals surface area contributed by atoms with Crippen LogP contribution in [0.4, 0.5) is 0 Å². The molecule has 0 radical (unpaired) electrons. The van der Waals surface area contributed by atoms with E-state index in [0.717, 1.165) is 36.9 Å². The van der Waals surface area contributed by atoms with Crippen LogP contribution in [-0.2, 0) is 13.0 Å². The molecule has 128 valence electrons. The maximum Gasteiger partial charge on any atom is 0.0828 e. The highest BCUT2D eigenvalue weighted by molar-refractivity contribution is 4.93. The Morgan fingerprint density at radius 1 is 1.09 bits per heavy atom. The molecule has 1 aromatic rings. The molecule has 0 spiro atoms. The van der Waals surface area contributed by atoms with Crippen molar-refractivity contribution in [2.45, 2.75) is 51.5 Å². The van der Waals surface area contributed by atoms with Gasteiger partial charge >= 0.3 is 0 Å². The van der Waals surface area contributed by atoms with Gasteiger partial charge in [-0.2, -0.15) is 0 Å². The molecule has 23 heavy (non-hydrogen) atoms. The zero-order valence-electron chi connectivity index (χ0n) is 14.1. The third kappa shape index (κ3) is 5.15. The molecule has 1 unspecified atom stereocenters. The molecule has 1 fully saturated rings. The highest BCUT2D eigenvalue weighted by atomic mass is 16.2. The van der Waals surface area contributed by atoms with Crippen molar-refractivity contribution in [2.75, 3.05) is 26.2 Å². The van der Waals surface area contributed by atoms with Gasteiger partial charge in [-0.05, 0) is 69.9 Å². The highest BCUT2D eigenvalue weighted by Crippen LogP contribution is 2.24. The molecule has 1 atom stereocenters. The summed E-state index contributed by atoms with van der Waals surface area (Å²) in [6.07, 6.45) is 14.8. The number of piperidine rings is 1. The number of hydrogen-bond donors (Lipinski definition) is 1. The summed E-state index contributed by atoms with van der Waals surface area (Å²) >= 11 is 0. The predicted octanol–water partition coefficient (Wildman–Crippen LogP) is 2.27. The van der Waals surface area contributed by atoms with Crippen LogP contribution in [0.3, 0.4) is 0 Å². The van der Waals surface area contributed by atoms with Crippen LogP contribution in [-0.4, -0.2) is 51.2 Å². The number of allylic oxidation sites excluding steroid dienone is 2. The van der Waals surface area contributed by atoms with Crippen molar-refractivity contribution < 1.29 is 5.11 Å². The molecule has 0 amide bonds. The van der Waals surface area contributed by atoms with Gasteiger partial charge in [-0.3, -0.25) is 4.68 Å². The summed E-state index contributed by atoms with van der Waals surface area (Å²) in [5.74, 6) is 1.60. The fourth-order valence-electron chi connectivity index (χ4n) is 3.81. The van der Waals surface area contributed by atoms with Crippen molar-refractivity contribution >= 4 is 0 Å². The number of nitrogens with zero attached hydrogens (tertiary/aromatic N) is 4. The van der Waals surface area contributed by atoms with Gasteiger partial charge in [0.15, 0.2) is 0 Å². The zero-order valence-corrected chi connectivity index (χ0v) is 14.1. The topological polar surface area (TPSA) is 54.2 Å². The smallest absolute Gasteiger partial charge is 0.0828 e. The second-order valence-corrected chi connectivity index (χ2v) is 7.15. The van der Waals surface area contributed by atoms with Gasteiger partial charge in [0.25, 0.3) is 0 Å². The van der Waals surface area contributed by atoms with Gasteiger partial charge < -0.3 is 10.0 Å². The zero-order chi connectivity index (χ0) is 15.9. The molecule has 5 nitrogen and oxygen atoms in total. The van der Waals surface area contributed by atoms with Gasteiger partial charge in [0.2, 0.25) is 0 Å². The Balaban J connectivity index is 1.38. The van der Waals surface area contributed by atoms with Crippen molar-refractivity contribution in [3.63, 3.8) is 0 Å². The Hall–Kier alpha value is -1.20. The molecular formula is C18H30N4O. The van der Waals surface area contributed by atoms with Crippen molar-refractivity contribution in [3.8, 4) is 0 Å². The second kappa shape index (κ2) is 8.60. The summed E-state index contributed by atoms with van der Waals surface area (Å²) in [6, 6.07) is 0. The minimum absolute atomic E-state index is 0.224. The van der Waals surface area contributed by atoms with E-state index in [1.165, 1.54) is 51.7 Å². The quantitative estimate of drug-likeness (QED) is 0.784. The first kappa shape index (κ1) is 16.7. The maximum absolute atomic E-state index is 8.87. The Kier molecular flexibility index (Phi) is 6.22. The van der Waals surface area contributed by atoms with Crippen molar-refractivity contribution in [1.82, 2.24) is 19.9 Å². The normalized spacial score (nSPS) is 23.4. The predicted molar refractivity (Wildman–Crippen MR) is 91.1 cm³/mol. The lowest BCUT2D eigenvalue weighted by molar-refractivity contribution is 0.146. The lowest BCUT2D eigenvalue weighted by atomic mass is 9.91. The molecule has 2 aliphatic rings. The lowest BCUT2D eigenvalue weighted by Crippen LogP contribution is -2.38. The SMILES string of the molecule is OCCCc1cn(CC2CCN(CC3CC=CCC3)CC2)nn1. The number of likely N-dealkylation sites (tertiary alicyclic amines) is 1. The van der Waals surface area contributed by atoms with E-state index in [0.29, 0.717) is 0 Å². The molecule has 0 saturated carbocycles. The van der Waals surface area contributed by atoms with Crippen LogP contribution >= 0.6 is 0 Å². The van der Waals surface area contributed by atoms with Gasteiger partial charge in [-0.15, -0.1) is 5.10 Å². The summed E-state index contributed by atoms with van der Waals surface area (Å²) in [5.41, 5.74) is 1.00. The minimum atomic E-state index is 0.224. The first-order valence-corrected chi connectivity index (χ1v) is 9.20. The summed E-state index contributed by atoms with van der Waals surface area (Å²) in [4.78, 5) is 2.66. The fraction of sp³-hybridized carbons (Fsp3) is 0.778. The molecule has 1 aliphatic heterocycles. The van der Waals surface area contributed by atoms with E-state index < -0.39 is 0 Å². The van der Waals surface area contributed by atoms with Crippen LogP contribution in [0.25, 0.3) is 0 Å². The van der Waals surface area contributed by atoms with Gasteiger partial charge in [0, 0.05) is 25.9 Å². The highest BCUT2D eigenvalue weighted by Gasteiger charge is 2.22. The van der Waals surface area contributed by atoms with Crippen molar-refractivity contribution in [3.05, 3.63) is 24.0 Å². The lowest BCUT2D eigenvalue weighted by Gasteiger charge is -2.34. The Bertz CT molecular complexity index is 491. The summed E-state index contributed by atoms with van der Waals surface area (Å²) in [7, 11) is 0. The summed E-state index contributed by atoms with van der Waals surface area (Å²) < 4.78 is 2.00. The molecule has 1 saturated heterocycles. The van der Waals surface area contributed by atoms with E-state index in [1.54, 1.807) is 0 Å². The number of aliphatic hydroxyl groups is 1. The van der Waals surface area contributed by atoms with Gasteiger partial charge in [0.1, 0.15) is 0 Å².